The summed E-state index contributed by atoms with van der Waals surface area (Å²) in [6, 6.07) is 25.8. The van der Waals surface area contributed by atoms with Crippen LogP contribution in [-0.4, -0.2) is 36.2 Å². The molecular formula is C30H35N3O. The Morgan fingerprint density at radius 3 is 2.47 bits per heavy atom. The van der Waals surface area contributed by atoms with E-state index in [0.717, 1.165) is 43.2 Å². The van der Waals surface area contributed by atoms with Gasteiger partial charge in [-0.1, -0.05) is 90.3 Å². The Kier molecular flexibility index (Phi) is 7.25. The van der Waals surface area contributed by atoms with Crippen LogP contribution in [0.3, 0.4) is 0 Å². The van der Waals surface area contributed by atoms with Crippen molar-refractivity contribution in [2.75, 3.05) is 31.1 Å². The lowest BCUT2D eigenvalue weighted by Gasteiger charge is -2.25. The molecule has 3 aromatic carbocycles. The van der Waals surface area contributed by atoms with Gasteiger partial charge in [0.2, 0.25) is 5.88 Å². The molecule has 2 heterocycles. The molecule has 4 aromatic rings. The van der Waals surface area contributed by atoms with Gasteiger partial charge in [-0.3, -0.25) is 0 Å². The highest BCUT2D eigenvalue weighted by atomic mass is 16.5. The maximum atomic E-state index is 5.92. The highest BCUT2D eigenvalue weighted by molar-refractivity contribution is 5.85. The molecule has 176 valence electrons. The van der Waals surface area contributed by atoms with Crippen molar-refractivity contribution in [1.29, 1.82) is 0 Å². The summed E-state index contributed by atoms with van der Waals surface area (Å²) >= 11 is 0. The number of hydrogen-bond donors (Lipinski definition) is 0. The molecule has 0 spiro atoms. The molecule has 1 aliphatic heterocycles. The van der Waals surface area contributed by atoms with Crippen molar-refractivity contribution in [3.8, 4) is 11.3 Å². The quantitative estimate of drug-likeness (QED) is 0.285. The number of aromatic nitrogens is 1. The van der Waals surface area contributed by atoms with E-state index in [-0.39, 0.29) is 0 Å². The number of rotatable bonds is 8. The molecule has 5 rings (SSSR count). The molecule has 4 heteroatoms. The Balaban J connectivity index is 1.36. The maximum absolute atomic E-state index is 5.92. The van der Waals surface area contributed by atoms with Crippen LogP contribution in [-0.2, 0) is 6.54 Å². The van der Waals surface area contributed by atoms with E-state index in [1.54, 1.807) is 0 Å². The smallest absolute Gasteiger partial charge is 0.228 e. The van der Waals surface area contributed by atoms with E-state index in [9.17, 15) is 0 Å². The topological polar surface area (TPSA) is 32.5 Å². The maximum Gasteiger partial charge on any atom is 0.228 e. The highest BCUT2D eigenvalue weighted by Crippen LogP contribution is 2.28. The van der Waals surface area contributed by atoms with Gasteiger partial charge in [-0.05, 0) is 62.2 Å². The summed E-state index contributed by atoms with van der Waals surface area (Å²) < 4.78 is 5.92. The SMILES string of the molecule is Cc1ccc(-c2cc(N(CCCN3CCCCCC3)Cc3cccc4ccccc34)on2)cc1. The van der Waals surface area contributed by atoms with Gasteiger partial charge in [-0.2, -0.15) is 0 Å². The predicted octanol–water partition coefficient (Wildman–Crippen LogP) is 7.08. The molecular weight excluding hydrogens is 418 g/mol. The van der Waals surface area contributed by atoms with E-state index < -0.39 is 0 Å². The number of anilines is 1. The van der Waals surface area contributed by atoms with Crippen molar-refractivity contribution < 1.29 is 4.52 Å². The van der Waals surface area contributed by atoms with E-state index in [1.165, 1.54) is 60.7 Å². The number of hydrogen-bond acceptors (Lipinski definition) is 4. The van der Waals surface area contributed by atoms with Crippen LogP contribution in [0, 0.1) is 6.92 Å². The third kappa shape index (κ3) is 5.51. The van der Waals surface area contributed by atoms with Crippen LogP contribution in [0.25, 0.3) is 22.0 Å². The standard InChI is InChI=1S/C30H35N3O/c1-24-14-16-26(17-15-24)29-22-30(34-31-29)33(21-9-20-32-18-6-2-3-7-19-32)23-27-12-8-11-25-10-4-5-13-28(25)27/h4-5,8,10-17,22H,2-3,6-7,9,18-21,23H2,1H3. The first-order valence-corrected chi connectivity index (χ1v) is 12.7. The fourth-order valence-corrected chi connectivity index (χ4v) is 5.02. The van der Waals surface area contributed by atoms with Gasteiger partial charge in [-0.25, -0.2) is 0 Å². The summed E-state index contributed by atoms with van der Waals surface area (Å²) in [6.07, 6.45) is 6.54. The van der Waals surface area contributed by atoms with Crippen LogP contribution in [0.15, 0.2) is 77.3 Å². The van der Waals surface area contributed by atoms with Crippen LogP contribution in [0.1, 0.15) is 43.2 Å². The molecule has 0 radical (unpaired) electrons. The van der Waals surface area contributed by atoms with E-state index in [2.05, 4.69) is 94.7 Å². The zero-order valence-corrected chi connectivity index (χ0v) is 20.2. The molecule has 1 aromatic heterocycles. The van der Waals surface area contributed by atoms with Gasteiger partial charge < -0.3 is 14.3 Å². The number of nitrogens with zero attached hydrogens (tertiary/aromatic N) is 3. The highest BCUT2D eigenvalue weighted by Gasteiger charge is 2.17. The molecule has 0 bridgehead atoms. The number of likely N-dealkylation sites (tertiary alicyclic amines) is 1. The van der Waals surface area contributed by atoms with E-state index in [4.69, 9.17) is 4.52 Å². The molecule has 34 heavy (non-hydrogen) atoms. The van der Waals surface area contributed by atoms with Crippen molar-refractivity contribution in [3.05, 3.63) is 83.9 Å². The second-order valence-corrected chi connectivity index (χ2v) is 9.59. The van der Waals surface area contributed by atoms with Crippen LogP contribution in [0.4, 0.5) is 5.88 Å². The predicted molar refractivity (Wildman–Crippen MR) is 141 cm³/mol. The van der Waals surface area contributed by atoms with Gasteiger partial charge in [0.1, 0.15) is 5.69 Å². The summed E-state index contributed by atoms with van der Waals surface area (Å²) in [5, 5.41) is 7.01. The van der Waals surface area contributed by atoms with E-state index in [1.807, 2.05) is 0 Å². The molecule has 0 N–H and O–H groups in total. The number of aryl methyl sites for hydroxylation is 1. The summed E-state index contributed by atoms with van der Waals surface area (Å²) in [5.41, 5.74) is 4.56. The summed E-state index contributed by atoms with van der Waals surface area (Å²) in [6.45, 7) is 7.48. The molecule has 0 saturated carbocycles. The second kappa shape index (κ2) is 10.9. The Labute approximate surface area is 203 Å². The normalized spacial score (nSPS) is 14.9. The molecule has 0 aliphatic carbocycles. The average Bonchev–Trinajstić information content (AvgIpc) is 3.21. The Bertz CT molecular complexity index is 1180. The molecule has 0 amide bonds. The Hall–Kier alpha value is -3.11. The summed E-state index contributed by atoms with van der Waals surface area (Å²) in [7, 11) is 0. The van der Waals surface area contributed by atoms with Gasteiger partial charge in [0.15, 0.2) is 0 Å². The first-order valence-electron chi connectivity index (χ1n) is 12.7. The monoisotopic (exact) mass is 453 g/mol. The third-order valence-corrected chi connectivity index (χ3v) is 7.00. The molecule has 4 nitrogen and oxygen atoms in total. The lowest BCUT2D eigenvalue weighted by Crippen LogP contribution is -2.30. The third-order valence-electron chi connectivity index (χ3n) is 7.00. The summed E-state index contributed by atoms with van der Waals surface area (Å²) in [4.78, 5) is 5.01. The van der Waals surface area contributed by atoms with Crippen molar-refractivity contribution in [3.63, 3.8) is 0 Å². The van der Waals surface area contributed by atoms with Crippen molar-refractivity contribution in [2.24, 2.45) is 0 Å². The van der Waals surface area contributed by atoms with Crippen molar-refractivity contribution in [2.45, 2.75) is 45.6 Å². The van der Waals surface area contributed by atoms with Crippen LogP contribution in [0.2, 0.25) is 0 Å². The van der Waals surface area contributed by atoms with E-state index >= 15 is 0 Å². The molecule has 1 saturated heterocycles. The molecule has 1 aliphatic rings. The van der Waals surface area contributed by atoms with Crippen LogP contribution < -0.4 is 4.90 Å². The second-order valence-electron chi connectivity index (χ2n) is 9.59. The molecule has 0 unspecified atom stereocenters. The van der Waals surface area contributed by atoms with E-state index in [0.29, 0.717) is 0 Å². The minimum absolute atomic E-state index is 0.809. The van der Waals surface area contributed by atoms with Crippen molar-refractivity contribution in [1.82, 2.24) is 10.1 Å². The lowest BCUT2D eigenvalue weighted by molar-refractivity contribution is 0.281. The van der Waals surface area contributed by atoms with Gasteiger partial charge in [0.25, 0.3) is 0 Å². The fourth-order valence-electron chi connectivity index (χ4n) is 5.02. The minimum atomic E-state index is 0.809. The average molecular weight is 454 g/mol. The van der Waals surface area contributed by atoms with Gasteiger partial charge >= 0.3 is 0 Å². The zero-order chi connectivity index (χ0) is 23.2. The first-order chi connectivity index (χ1) is 16.8. The number of fused-ring (bicyclic) bond motifs is 1. The summed E-state index contributed by atoms with van der Waals surface area (Å²) in [5.74, 6) is 0.847. The Morgan fingerprint density at radius 1 is 0.882 bits per heavy atom. The number of benzene rings is 3. The lowest BCUT2D eigenvalue weighted by atomic mass is 10.0. The van der Waals surface area contributed by atoms with Crippen LogP contribution in [0.5, 0.6) is 0 Å². The Morgan fingerprint density at radius 2 is 1.65 bits per heavy atom. The largest absolute Gasteiger partial charge is 0.338 e. The van der Waals surface area contributed by atoms with Crippen LogP contribution >= 0.6 is 0 Å². The van der Waals surface area contributed by atoms with Gasteiger partial charge in [-0.15, -0.1) is 0 Å². The molecule has 1 fully saturated rings. The van der Waals surface area contributed by atoms with Crippen molar-refractivity contribution >= 4 is 16.7 Å². The van der Waals surface area contributed by atoms with Gasteiger partial charge in [0, 0.05) is 24.7 Å². The first kappa shape index (κ1) is 22.7. The molecule has 0 atom stereocenters. The minimum Gasteiger partial charge on any atom is -0.338 e. The zero-order valence-electron chi connectivity index (χ0n) is 20.2. The van der Waals surface area contributed by atoms with Gasteiger partial charge in [0.05, 0.1) is 0 Å². The fraction of sp³-hybridized carbons (Fsp3) is 0.367.